The summed E-state index contributed by atoms with van der Waals surface area (Å²) in [7, 11) is 0. The largest absolute Gasteiger partial charge is 0.396 e. The lowest BCUT2D eigenvalue weighted by atomic mass is 9.93. The van der Waals surface area contributed by atoms with Gasteiger partial charge in [0, 0.05) is 12.5 Å². The van der Waals surface area contributed by atoms with Gasteiger partial charge in [-0.2, -0.15) is 0 Å². The Kier molecular flexibility index (Phi) is 3.01. The Bertz CT molecular complexity index is 595. The second-order valence-corrected chi connectivity index (χ2v) is 4.82. The van der Waals surface area contributed by atoms with Crippen molar-refractivity contribution >= 4 is 22.8 Å². The van der Waals surface area contributed by atoms with Crippen molar-refractivity contribution in [3.63, 3.8) is 0 Å². The number of rotatable bonds is 2. The highest BCUT2D eigenvalue weighted by molar-refractivity contribution is 6.33. The van der Waals surface area contributed by atoms with Gasteiger partial charge in [0.15, 0.2) is 10.8 Å². The van der Waals surface area contributed by atoms with E-state index in [4.69, 9.17) is 16.7 Å². The zero-order valence-electron chi connectivity index (χ0n) is 9.70. The predicted octanol–water partition coefficient (Wildman–Crippen LogP) is 1.98. The van der Waals surface area contributed by atoms with Crippen molar-refractivity contribution in [1.29, 1.82) is 0 Å². The third kappa shape index (κ3) is 1.89. The van der Waals surface area contributed by atoms with Crippen molar-refractivity contribution in [3.8, 4) is 0 Å². The molecule has 0 amide bonds. The molecular formula is C12H13ClN4O. The molecule has 2 aromatic heterocycles. The van der Waals surface area contributed by atoms with Gasteiger partial charge in [0.1, 0.15) is 11.8 Å². The van der Waals surface area contributed by atoms with E-state index < -0.39 is 0 Å². The molecule has 1 N–H and O–H groups in total. The Morgan fingerprint density at radius 3 is 2.89 bits per heavy atom. The maximum atomic E-state index is 9.11. The lowest BCUT2D eigenvalue weighted by Gasteiger charge is -2.22. The van der Waals surface area contributed by atoms with E-state index in [1.54, 1.807) is 6.33 Å². The number of hydrogen-bond donors (Lipinski definition) is 1. The van der Waals surface area contributed by atoms with Crippen LogP contribution in [0.2, 0.25) is 5.15 Å². The van der Waals surface area contributed by atoms with Crippen molar-refractivity contribution in [2.24, 2.45) is 5.92 Å². The molecule has 0 bridgehead atoms. The topological polar surface area (TPSA) is 63.8 Å². The number of aliphatic hydroxyl groups excluding tert-OH is 1. The SMILES string of the molecule is OCC1C=CC(n2cnc3c(Cl)ncnc32)CC1. The first-order valence-corrected chi connectivity index (χ1v) is 6.29. The molecule has 0 radical (unpaired) electrons. The fourth-order valence-electron chi connectivity index (χ4n) is 2.31. The monoisotopic (exact) mass is 264 g/mol. The fraction of sp³-hybridized carbons (Fsp3) is 0.417. The first-order valence-electron chi connectivity index (χ1n) is 5.92. The Morgan fingerprint density at radius 1 is 1.28 bits per heavy atom. The summed E-state index contributed by atoms with van der Waals surface area (Å²) in [6, 6.07) is 0.226. The number of nitrogens with zero attached hydrogens (tertiary/aromatic N) is 4. The van der Waals surface area contributed by atoms with Crippen LogP contribution in [0.3, 0.4) is 0 Å². The second kappa shape index (κ2) is 4.66. The highest BCUT2D eigenvalue weighted by Gasteiger charge is 2.19. The molecule has 1 aliphatic carbocycles. The number of halogens is 1. The molecule has 0 spiro atoms. The highest BCUT2D eigenvalue weighted by Crippen LogP contribution is 2.29. The second-order valence-electron chi connectivity index (χ2n) is 4.46. The van der Waals surface area contributed by atoms with Crippen LogP contribution in [0.15, 0.2) is 24.8 Å². The summed E-state index contributed by atoms with van der Waals surface area (Å²) < 4.78 is 2.01. The van der Waals surface area contributed by atoms with Crippen molar-refractivity contribution in [3.05, 3.63) is 30.0 Å². The summed E-state index contributed by atoms with van der Waals surface area (Å²) >= 11 is 5.98. The van der Waals surface area contributed by atoms with E-state index >= 15 is 0 Å². The van der Waals surface area contributed by atoms with Gasteiger partial charge in [-0.25, -0.2) is 15.0 Å². The molecular weight excluding hydrogens is 252 g/mol. The molecule has 94 valence electrons. The van der Waals surface area contributed by atoms with E-state index in [1.165, 1.54) is 6.33 Å². The Balaban J connectivity index is 1.98. The number of imidazole rings is 1. The van der Waals surface area contributed by atoms with Crippen LogP contribution in [0.25, 0.3) is 11.2 Å². The van der Waals surface area contributed by atoms with Gasteiger partial charge in [0.2, 0.25) is 0 Å². The van der Waals surface area contributed by atoms with E-state index in [1.807, 2.05) is 4.57 Å². The maximum absolute atomic E-state index is 9.11. The number of fused-ring (bicyclic) bond motifs is 1. The maximum Gasteiger partial charge on any atom is 0.165 e. The zero-order valence-corrected chi connectivity index (χ0v) is 10.5. The minimum Gasteiger partial charge on any atom is -0.396 e. The summed E-state index contributed by atoms with van der Waals surface area (Å²) in [6.07, 6.45) is 9.29. The van der Waals surface area contributed by atoms with Crippen LogP contribution < -0.4 is 0 Å². The Morgan fingerprint density at radius 2 is 2.17 bits per heavy atom. The van der Waals surface area contributed by atoms with E-state index in [0.717, 1.165) is 18.5 Å². The van der Waals surface area contributed by atoms with Gasteiger partial charge >= 0.3 is 0 Å². The smallest absolute Gasteiger partial charge is 0.165 e. The van der Waals surface area contributed by atoms with Crippen LogP contribution >= 0.6 is 11.6 Å². The third-order valence-electron chi connectivity index (χ3n) is 3.34. The number of hydrogen-bond acceptors (Lipinski definition) is 4. The van der Waals surface area contributed by atoms with Gasteiger partial charge in [0.05, 0.1) is 12.4 Å². The van der Waals surface area contributed by atoms with Crippen molar-refractivity contribution in [1.82, 2.24) is 19.5 Å². The molecule has 0 saturated heterocycles. The van der Waals surface area contributed by atoms with Crippen LogP contribution in [0.4, 0.5) is 0 Å². The molecule has 3 rings (SSSR count). The van der Waals surface area contributed by atoms with Gasteiger partial charge < -0.3 is 9.67 Å². The van der Waals surface area contributed by atoms with E-state index in [9.17, 15) is 0 Å². The molecule has 2 heterocycles. The van der Waals surface area contributed by atoms with Crippen LogP contribution in [-0.2, 0) is 0 Å². The van der Waals surface area contributed by atoms with Crippen LogP contribution in [0, 0.1) is 5.92 Å². The van der Waals surface area contributed by atoms with Crippen molar-refractivity contribution < 1.29 is 5.11 Å². The minimum absolute atomic E-state index is 0.210. The standard InChI is InChI=1S/C12H13ClN4O/c13-11-10-12(15-6-14-11)17(7-16-10)9-3-1-8(5-18)2-4-9/h1,3,6-9,18H,2,4-5H2. The van der Waals surface area contributed by atoms with Crippen LogP contribution in [0.1, 0.15) is 18.9 Å². The van der Waals surface area contributed by atoms with Gasteiger partial charge in [-0.05, 0) is 12.8 Å². The van der Waals surface area contributed by atoms with Crippen molar-refractivity contribution in [2.75, 3.05) is 6.61 Å². The number of allylic oxidation sites excluding steroid dienone is 1. The van der Waals surface area contributed by atoms with E-state index in [2.05, 4.69) is 27.1 Å². The molecule has 2 unspecified atom stereocenters. The normalized spacial score (nSPS) is 23.7. The highest BCUT2D eigenvalue weighted by atomic mass is 35.5. The molecule has 18 heavy (non-hydrogen) atoms. The summed E-state index contributed by atoms with van der Waals surface area (Å²) in [6.45, 7) is 0.210. The van der Waals surface area contributed by atoms with Crippen molar-refractivity contribution in [2.45, 2.75) is 18.9 Å². The Labute approximate surface area is 109 Å². The minimum atomic E-state index is 0.210. The first kappa shape index (κ1) is 11.6. The molecule has 0 saturated carbocycles. The summed E-state index contributed by atoms with van der Waals surface area (Å²) in [5.74, 6) is 0.272. The van der Waals surface area contributed by atoms with E-state index in [-0.39, 0.29) is 18.6 Å². The molecule has 2 aromatic rings. The molecule has 1 aliphatic rings. The molecule has 2 atom stereocenters. The summed E-state index contributed by atoms with van der Waals surface area (Å²) in [5.41, 5.74) is 1.39. The van der Waals surface area contributed by atoms with Crippen LogP contribution in [0.5, 0.6) is 0 Å². The van der Waals surface area contributed by atoms with E-state index in [0.29, 0.717) is 10.7 Å². The fourth-order valence-corrected chi connectivity index (χ4v) is 2.49. The molecule has 6 heteroatoms. The Hall–Kier alpha value is -1.46. The lowest BCUT2D eigenvalue weighted by Crippen LogP contribution is -2.15. The van der Waals surface area contributed by atoms with Gasteiger partial charge in [-0.15, -0.1) is 0 Å². The molecule has 5 nitrogen and oxygen atoms in total. The molecule has 0 aliphatic heterocycles. The summed E-state index contributed by atoms with van der Waals surface area (Å²) in [5, 5.41) is 9.49. The number of aromatic nitrogens is 4. The van der Waals surface area contributed by atoms with Crippen LogP contribution in [-0.4, -0.2) is 31.2 Å². The molecule has 0 fully saturated rings. The third-order valence-corrected chi connectivity index (χ3v) is 3.62. The van der Waals surface area contributed by atoms with Gasteiger partial charge in [-0.3, -0.25) is 0 Å². The van der Waals surface area contributed by atoms with Gasteiger partial charge in [0.25, 0.3) is 0 Å². The average molecular weight is 265 g/mol. The lowest BCUT2D eigenvalue weighted by molar-refractivity contribution is 0.235. The van der Waals surface area contributed by atoms with Gasteiger partial charge in [-0.1, -0.05) is 23.8 Å². The number of aliphatic hydroxyl groups is 1. The average Bonchev–Trinajstić information content (AvgIpc) is 2.84. The zero-order chi connectivity index (χ0) is 12.5. The first-order chi connectivity index (χ1) is 8.79. The summed E-state index contributed by atoms with van der Waals surface area (Å²) in [4.78, 5) is 12.4. The predicted molar refractivity (Wildman–Crippen MR) is 68.3 cm³/mol. The molecule has 0 aromatic carbocycles. The quantitative estimate of drug-likeness (QED) is 0.665.